The summed E-state index contributed by atoms with van der Waals surface area (Å²) in [5.74, 6) is -0.641. The quantitative estimate of drug-likeness (QED) is 0.770. The van der Waals surface area contributed by atoms with E-state index in [0.717, 1.165) is 5.56 Å². The Balaban J connectivity index is 1.60. The lowest BCUT2D eigenvalue weighted by molar-refractivity contribution is 0.0609. The summed E-state index contributed by atoms with van der Waals surface area (Å²) in [6, 6.07) is 11.6. The number of nitrogens with zero attached hydrogens (tertiary/aromatic N) is 1. The molecule has 0 aliphatic carbocycles. The predicted octanol–water partition coefficient (Wildman–Crippen LogP) is 3.71. The van der Waals surface area contributed by atoms with Gasteiger partial charge in [0.2, 0.25) is 0 Å². The molecule has 0 fully saturated rings. The van der Waals surface area contributed by atoms with E-state index >= 15 is 0 Å². The summed E-state index contributed by atoms with van der Waals surface area (Å²) in [7, 11) is 0. The van der Waals surface area contributed by atoms with Gasteiger partial charge in [0.1, 0.15) is 0 Å². The maximum Gasteiger partial charge on any atom is 0.319 e. The first-order valence-corrected chi connectivity index (χ1v) is 9.06. The number of anilines is 1. The Kier molecular flexibility index (Phi) is 5.46. The summed E-state index contributed by atoms with van der Waals surface area (Å²) in [4.78, 5) is 38.0. The Hall–Kier alpha value is -2.86. The molecular weight excluding hydrogens is 366 g/mol. The number of hydrogen-bond donors (Lipinski definition) is 2. The maximum absolute atomic E-state index is 12.4. The summed E-state index contributed by atoms with van der Waals surface area (Å²) in [5.41, 5.74) is 2.16. The molecule has 0 saturated heterocycles. The third-order valence-electron chi connectivity index (χ3n) is 4.28. The summed E-state index contributed by atoms with van der Waals surface area (Å²) in [6.45, 7) is 4.01. The lowest BCUT2D eigenvalue weighted by Gasteiger charge is -2.17. The van der Waals surface area contributed by atoms with Crippen LogP contribution in [0, 0.1) is 0 Å². The lowest BCUT2D eigenvalue weighted by atomic mass is 10.1. The smallest absolute Gasteiger partial charge is 0.319 e. The molecule has 140 valence electrons. The van der Waals surface area contributed by atoms with Crippen LogP contribution in [0.3, 0.4) is 0 Å². The highest BCUT2D eigenvalue weighted by molar-refractivity contribution is 6.30. The van der Waals surface area contributed by atoms with Gasteiger partial charge in [-0.2, -0.15) is 0 Å². The highest BCUT2D eigenvalue weighted by atomic mass is 35.5. The molecule has 0 atom stereocenters. The van der Waals surface area contributed by atoms with Gasteiger partial charge in [-0.15, -0.1) is 0 Å². The first-order valence-electron chi connectivity index (χ1n) is 8.68. The largest absolute Gasteiger partial charge is 0.338 e. The molecule has 4 amide bonds. The molecule has 6 nitrogen and oxygen atoms in total. The summed E-state index contributed by atoms with van der Waals surface area (Å²) >= 11 is 5.94. The summed E-state index contributed by atoms with van der Waals surface area (Å²) < 4.78 is 0. The van der Waals surface area contributed by atoms with Gasteiger partial charge in [-0.3, -0.25) is 14.5 Å². The topological polar surface area (TPSA) is 78.5 Å². The van der Waals surface area contributed by atoms with Crippen LogP contribution >= 0.6 is 11.6 Å². The number of fused-ring (bicyclic) bond motifs is 1. The molecule has 2 aromatic carbocycles. The predicted molar refractivity (Wildman–Crippen MR) is 104 cm³/mol. The lowest BCUT2D eigenvalue weighted by Crippen LogP contribution is -2.35. The molecule has 0 saturated carbocycles. The van der Waals surface area contributed by atoms with E-state index in [0.29, 0.717) is 34.8 Å². The molecule has 0 bridgehead atoms. The summed E-state index contributed by atoms with van der Waals surface area (Å²) in [6.07, 6.45) is 0.647. The van der Waals surface area contributed by atoms with E-state index in [1.165, 1.54) is 11.0 Å². The zero-order chi connectivity index (χ0) is 19.6. The van der Waals surface area contributed by atoms with Gasteiger partial charge in [0.05, 0.1) is 11.1 Å². The van der Waals surface area contributed by atoms with Gasteiger partial charge in [-0.05, 0) is 56.2 Å². The molecule has 7 heteroatoms. The SMILES string of the molecule is CC(C)N1C(=O)c2ccc(NC(=O)NCCc3cccc(Cl)c3)cc2C1=O. The molecule has 0 aromatic heterocycles. The Bertz CT molecular complexity index is 911. The number of halogens is 1. The van der Waals surface area contributed by atoms with Gasteiger partial charge in [0.15, 0.2) is 0 Å². The highest BCUT2D eigenvalue weighted by Gasteiger charge is 2.37. The van der Waals surface area contributed by atoms with E-state index in [-0.39, 0.29) is 23.9 Å². The molecule has 2 N–H and O–H groups in total. The second kappa shape index (κ2) is 7.80. The van der Waals surface area contributed by atoms with Crippen molar-refractivity contribution in [3.63, 3.8) is 0 Å². The average molecular weight is 386 g/mol. The van der Waals surface area contributed by atoms with Gasteiger partial charge in [-0.25, -0.2) is 4.79 Å². The van der Waals surface area contributed by atoms with Crippen LogP contribution in [0.25, 0.3) is 0 Å². The maximum atomic E-state index is 12.4. The van der Waals surface area contributed by atoms with Gasteiger partial charge in [0.25, 0.3) is 11.8 Å². The van der Waals surface area contributed by atoms with Crippen LogP contribution in [0.2, 0.25) is 5.02 Å². The third kappa shape index (κ3) is 4.11. The molecule has 1 aliphatic heterocycles. The van der Waals surface area contributed by atoms with Crippen LogP contribution in [0.4, 0.5) is 10.5 Å². The molecule has 27 heavy (non-hydrogen) atoms. The molecule has 0 radical (unpaired) electrons. The van der Waals surface area contributed by atoms with Crippen molar-refractivity contribution in [2.24, 2.45) is 0 Å². The van der Waals surface area contributed by atoms with Crippen molar-refractivity contribution in [3.05, 3.63) is 64.2 Å². The van der Waals surface area contributed by atoms with Crippen LogP contribution in [-0.2, 0) is 6.42 Å². The Labute approximate surface area is 162 Å². The number of nitrogens with one attached hydrogen (secondary N) is 2. The Morgan fingerprint density at radius 2 is 1.81 bits per heavy atom. The fourth-order valence-electron chi connectivity index (χ4n) is 2.99. The van der Waals surface area contributed by atoms with Crippen molar-refractivity contribution < 1.29 is 14.4 Å². The van der Waals surface area contributed by atoms with E-state index in [2.05, 4.69) is 10.6 Å². The number of urea groups is 1. The van der Waals surface area contributed by atoms with Crippen molar-refractivity contribution in [1.82, 2.24) is 10.2 Å². The number of imide groups is 1. The fourth-order valence-corrected chi connectivity index (χ4v) is 3.21. The Morgan fingerprint density at radius 1 is 1.07 bits per heavy atom. The van der Waals surface area contributed by atoms with E-state index < -0.39 is 0 Å². The molecule has 0 unspecified atom stereocenters. The fraction of sp³-hybridized carbons (Fsp3) is 0.250. The van der Waals surface area contributed by atoms with Gasteiger partial charge >= 0.3 is 6.03 Å². The number of carbonyl (C=O) groups is 3. The third-order valence-corrected chi connectivity index (χ3v) is 4.52. The molecular formula is C20H20ClN3O3. The van der Waals surface area contributed by atoms with E-state index in [4.69, 9.17) is 11.6 Å². The van der Waals surface area contributed by atoms with Gasteiger partial charge in [0, 0.05) is 23.3 Å². The van der Waals surface area contributed by atoms with Crippen molar-refractivity contribution >= 4 is 35.1 Å². The molecule has 2 aromatic rings. The zero-order valence-corrected chi connectivity index (χ0v) is 15.8. The van der Waals surface area contributed by atoms with Crippen LogP contribution in [-0.4, -0.2) is 35.3 Å². The van der Waals surface area contributed by atoms with Crippen LogP contribution in [0.5, 0.6) is 0 Å². The van der Waals surface area contributed by atoms with Crippen molar-refractivity contribution in [2.75, 3.05) is 11.9 Å². The minimum Gasteiger partial charge on any atom is -0.338 e. The van der Waals surface area contributed by atoms with Crippen LogP contribution in [0.15, 0.2) is 42.5 Å². The second-order valence-corrected chi connectivity index (χ2v) is 7.03. The molecule has 1 heterocycles. The number of amides is 4. The number of benzene rings is 2. The minimum absolute atomic E-state index is 0.219. The molecule has 1 aliphatic rings. The standard InChI is InChI=1S/C20H20ClN3O3/c1-12(2)24-18(25)16-7-6-15(11-17(16)19(24)26)23-20(27)22-9-8-13-4-3-5-14(21)10-13/h3-7,10-12H,8-9H2,1-2H3,(H2,22,23,27). The van der Waals surface area contributed by atoms with Gasteiger partial charge in [-0.1, -0.05) is 23.7 Å². The van der Waals surface area contributed by atoms with Crippen molar-refractivity contribution in [1.29, 1.82) is 0 Å². The van der Waals surface area contributed by atoms with E-state index in [9.17, 15) is 14.4 Å². The number of rotatable bonds is 5. The normalized spacial score (nSPS) is 13.1. The van der Waals surface area contributed by atoms with Crippen LogP contribution in [0.1, 0.15) is 40.1 Å². The minimum atomic E-state index is -0.380. The number of carbonyl (C=O) groups excluding carboxylic acids is 3. The highest BCUT2D eigenvalue weighted by Crippen LogP contribution is 2.27. The van der Waals surface area contributed by atoms with E-state index in [1.807, 2.05) is 18.2 Å². The van der Waals surface area contributed by atoms with E-state index in [1.54, 1.807) is 32.0 Å². The monoisotopic (exact) mass is 385 g/mol. The second-order valence-electron chi connectivity index (χ2n) is 6.60. The zero-order valence-electron chi connectivity index (χ0n) is 15.1. The molecule has 0 spiro atoms. The van der Waals surface area contributed by atoms with Crippen molar-refractivity contribution in [2.45, 2.75) is 26.3 Å². The molecule has 3 rings (SSSR count). The first-order chi connectivity index (χ1) is 12.9. The van der Waals surface area contributed by atoms with Crippen molar-refractivity contribution in [3.8, 4) is 0 Å². The first kappa shape index (κ1) is 18.9. The Morgan fingerprint density at radius 3 is 2.52 bits per heavy atom. The average Bonchev–Trinajstić information content (AvgIpc) is 2.85. The number of hydrogen-bond acceptors (Lipinski definition) is 3. The van der Waals surface area contributed by atoms with Gasteiger partial charge < -0.3 is 10.6 Å². The van der Waals surface area contributed by atoms with Crippen LogP contribution < -0.4 is 10.6 Å². The summed E-state index contributed by atoms with van der Waals surface area (Å²) in [5, 5.41) is 6.11.